The smallest absolute Gasteiger partial charge is 0.145 e. The molecule has 2 fully saturated rings. The van der Waals surface area contributed by atoms with E-state index in [0.29, 0.717) is 63.7 Å². The summed E-state index contributed by atoms with van der Waals surface area (Å²) in [6.07, 6.45) is 16.5. The Morgan fingerprint density at radius 1 is 1.11 bits per heavy atom. The molecule has 4 rings (SSSR count). The number of rotatable bonds is 18. The molecule has 0 aromatic heterocycles. The first kappa shape index (κ1) is 46.0. The lowest BCUT2D eigenvalue weighted by Gasteiger charge is -2.57. The number of aliphatic hydroxyl groups excluding tert-OH is 3. The molecule has 56 heavy (non-hydrogen) atoms. The number of aldehydes is 1. The third-order valence-electron chi connectivity index (χ3n) is 13.6. The number of ether oxygens (including phenoxy) is 1. The monoisotopic (exact) mass is 776 g/mol. The highest BCUT2D eigenvalue weighted by Gasteiger charge is 2.65. The van der Waals surface area contributed by atoms with Crippen LogP contribution in [0.25, 0.3) is 0 Å². The van der Waals surface area contributed by atoms with Crippen molar-refractivity contribution in [3.05, 3.63) is 94.1 Å². The van der Waals surface area contributed by atoms with Crippen LogP contribution in [0.4, 0.5) is 0 Å². The molecule has 9 nitrogen and oxygen atoms in total. The lowest BCUT2D eigenvalue weighted by Crippen LogP contribution is -2.61. The van der Waals surface area contributed by atoms with Gasteiger partial charge in [0.1, 0.15) is 6.29 Å². The third-order valence-corrected chi connectivity index (χ3v) is 13.6. The van der Waals surface area contributed by atoms with Crippen molar-refractivity contribution in [1.82, 2.24) is 16.0 Å². The van der Waals surface area contributed by atoms with Gasteiger partial charge in [-0.25, -0.2) is 0 Å². The van der Waals surface area contributed by atoms with Crippen LogP contribution >= 0.6 is 0 Å². The van der Waals surface area contributed by atoms with E-state index in [1.165, 1.54) is 16.7 Å². The molecule has 0 saturated heterocycles. The molecule has 1 spiro atoms. The highest BCUT2D eigenvalue weighted by Crippen LogP contribution is 2.63. The molecule has 2 aliphatic carbocycles. The number of carbonyl (C=O) groups excluding carboxylic acids is 1. The van der Waals surface area contributed by atoms with E-state index >= 15 is 0 Å². The van der Waals surface area contributed by atoms with Gasteiger partial charge < -0.3 is 41.1 Å². The van der Waals surface area contributed by atoms with Crippen molar-refractivity contribution >= 4 is 6.29 Å². The molecule has 3 aliphatic rings. The Hall–Kier alpha value is -2.73. The number of benzene rings is 1. The summed E-state index contributed by atoms with van der Waals surface area (Å²) in [6, 6.07) is 8.96. The first-order valence-electron chi connectivity index (χ1n) is 21.1. The van der Waals surface area contributed by atoms with E-state index in [4.69, 9.17) is 4.74 Å². The van der Waals surface area contributed by atoms with Crippen LogP contribution < -0.4 is 16.0 Å². The summed E-state index contributed by atoms with van der Waals surface area (Å²) in [4.78, 5) is 12.1. The van der Waals surface area contributed by atoms with Gasteiger partial charge in [-0.05, 0) is 152 Å². The maximum atomic E-state index is 12.5. The maximum Gasteiger partial charge on any atom is 0.145 e. The molecule has 1 aromatic carbocycles. The van der Waals surface area contributed by atoms with Gasteiger partial charge in [-0.1, -0.05) is 71.9 Å². The minimum atomic E-state index is -1.17. The van der Waals surface area contributed by atoms with E-state index in [2.05, 4.69) is 59.8 Å². The van der Waals surface area contributed by atoms with Gasteiger partial charge >= 0.3 is 0 Å². The fraction of sp³-hybridized carbons (Fsp3) is 0.638. The number of methoxy groups -OCH3 is 1. The minimum absolute atomic E-state index is 0.00381. The highest BCUT2D eigenvalue weighted by molar-refractivity contribution is 5.74. The van der Waals surface area contributed by atoms with Gasteiger partial charge in [0, 0.05) is 43.7 Å². The average Bonchev–Trinajstić information content (AvgIpc) is 3.54. The van der Waals surface area contributed by atoms with Gasteiger partial charge in [0.05, 0.1) is 18.3 Å². The van der Waals surface area contributed by atoms with Crippen LogP contribution in [0.1, 0.15) is 89.2 Å². The standard InChI is InChI=1S/C47H73N3O6/c1-34-15-16-39(29-37-11-8-12-38(28-37)30-45(50-31-34,21-24-48-4)23-27-56-6)35(2)10-7-13-40(33-53)42-18-20-47(44(42)54)43(14-9-26-51)41(36(3)32-52)17-19-46(47,55)22-25-49-5/h7-8,10-13,15,28,32,39,42-44,48-51,53-55H,2,9,14,16-27,29-31,33H2,1,3-6H3/t39-,42+,43-,44+,45-,46-,47+/m0/s1. The number of hydrogen-bond donors (Lipinski definition) is 7. The molecule has 0 amide bonds. The zero-order valence-corrected chi connectivity index (χ0v) is 35.0. The second-order valence-corrected chi connectivity index (χ2v) is 17.0. The van der Waals surface area contributed by atoms with Crippen molar-refractivity contribution in [2.24, 2.45) is 23.2 Å². The van der Waals surface area contributed by atoms with E-state index in [-0.39, 0.29) is 36.5 Å². The summed E-state index contributed by atoms with van der Waals surface area (Å²) in [5.41, 5.74) is 5.07. The van der Waals surface area contributed by atoms with Crippen LogP contribution in [0.5, 0.6) is 0 Å². The van der Waals surface area contributed by atoms with Gasteiger partial charge in [0.25, 0.3) is 0 Å². The average molecular weight is 776 g/mol. The van der Waals surface area contributed by atoms with Gasteiger partial charge in [-0.2, -0.15) is 0 Å². The predicted octanol–water partition coefficient (Wildman–Crippen LogP) is 5.54. The van der Waals surface area contributed by atoms with Crippen molar-refractivity contribution in [1.29, 1.82) is 0 Å². The highest BCUT2D eigenvalue weighted by atomic mass is 16.5. The van der Waals surface area contributed by atoms with Gasteiger partial charge in [0.2, 0.25) is 0 Å². The quantitative estimate of drug-likeness (QED) is 0.0443. The molecule has 7 N–H and O–H groups in total. The van der Waals surface area contributed by atoms with E-state index in [0.717, 1.165) is 68.2 Å². The van der Waals surface area contributed by atoms with Crippen molar-refractivity contribution in [2.45, 2.75) is 108 Å². The van der Waals surface area contributed by atoms with Gasteiger partial charge in [-0.15, -0.1) is 0 Å². The van der Waals surface area contributed by atoms with Gasteiger partial charge in [-0.3, -0.25) is 4.79 Å². The van der Waals surface area contributed by atoms with Crippen molar-refractivity contribution < 1.29 is 30.0 Å². The van der Waals surface area contributed by atoms with Gasteiger partial charge in [0.15, 0.2) is 0 Å². The fourth-order valence-corrected chi connectivity index (χ4v) is 10.3. The second kappa shape index (κ2) is 21.9. The largest absolute Gasteiger partial charge is 0.396 e. The number of hydrogen-bond acceptors (Lipinski definition) is 9. The number of nitrogens with one attached hydrogen (secondary N) is 3. The van der Waals surface area contributed by atoms with E-state index in [1.807, 2.05) is 39.2 Å². The lowest BCUT2D eigenvalue weighted by molar-refractivity contribution is -0.180. The Bertz CT molecular complexity index is 1560. The summed E-state index contributed by atoms with van der Waals surface area (Å²) >= 11 is 0. The first-order chi connectivity index (χ1) is 27.0. The van der Waals surface area contributed by atoms with E-state index in [9.17, 15) is 25.2 Å². The summed E-state index contributed by atoms with van der Waals surface area (Å²) in [7, 11) is 5.64. The molecule has 7 atom stereocenters. The lowest BCUT2D eigenvalue weighted by atomic mass is 9.51. The van der Waals surface area contributed by atoms with Crippen LogP contribution in [-0.4, -0.2) is 105 Å². The fourth-order valence-electron chi connectivity index (χ4n) is 10.3. The molecule has 0 radical (unpaired) electrons. The molecule has 1 aromatic rings. The zero-order chi connectivity index (χ0) is 40.8. The van der Waals surface area contributed by atoms with Crippen LogP contribution in [0.3, 0.4) is 0 Å². The predicted molar refractivity (Wildman–Crippen MR) is 227 cm³/mol. The Labute approximate surface area is 337 Å². The molecule has 312 valence electrons. The minimum Gasteiger partial charge on any atom is -0.396 e. The van der Waals surface area contributed by atoms with Crippen molar-refractivity contribution in [2.75, 3.05) is 60.7 Å². The molecule has 2 bridgehead atoms. The van der Waals surface area contributed by atoms with Crippen LogP contribution in [0.15, 0.2) is 83.0 Å². The Morgan fingerprint density at radius 2 is 1.86 bits per heavy atom. The Balaban J connectivity index is 1.61. The molecular formula is C47H73N3O6. The summed E-state index contributed by atoms with van der Waals surface area (Å²) in [5.74, 6) is -0.447. The third kappa shape index (κ3) is 10.9. The molecule has 1 heterocycles. The Kier molecular flexibility index (Phi) is 17.9. The van der Waals surface area contributed by atoms with Crippen LogP contribution in [0, 0.1) is 23.2 Å². The van der Waals surface area contributed by atoms with Crippen LogP contribution in [0.2, 0.25) is 0 Å². The summed E-state index contributed by atoms with van der Waals surface area (Å²) < 4.78 is 5.56. The van der Waals surface area contributed by atoms with E-state index in [1.54, 1.807) is 7.11 Å². The van der Waals surface area contributed by atoms with Crippen molar-refractivity contribution in [3.63, 3.8) is 0 Å². The first-order valence-corrected chi connectivity index (χ1v) is 21.1. The van der Waals surface area contributed by atoms with E-state index < -0.39 is 17.1 Å². The molecule has 1 aliphatic heterocycles. The van der Waals surface area contributed by atoms with Crippen LogP contribution in [-0.2, 0) is 22.4 Å². The Morgan fingerprint density at radius 3 is 2.55 bits per heavy atom. The molecule has 0 unspecified atom stereocenters. The maximum absolute atomic E-state index is 12.5. The summed E-state index contributed by atoms with van der Waals surface area (Å²) in [6.45, 7) is 11.3. The second-order valence-electron chi connectivity index (χ2n) is 17.0. The number of allylic oxidation sites excluding steroid dienone is 7. The molecule has 2 saturated carbocycles. The molecular weight excluding hydrogens is 703 g/mol. The normalized spacial score (nSPS) is 31.2. The topological polar surface area (TPSA) is 143 Å². The number of carbonyl (C=O) groups is 1. The van der Waals surface area contributed by atoms with Crippen molar-refractivity contribution in [3.8, 4) is 0 Å². The number of fused-ring (bicyclic) bond motifs is 2. The summed E-state index contributed by atoms with van der Waals surface area (Å²) in [5, 5.41) is 56.1. The number of aliphatic hydroxyl groups is 4. The SMILES string of the molecule is C=C(C=CC=C(CO)[C@H]1CC[C@]2([C@@H]1O)[C@@H](CCCO)C(=C(C)C=O)CC[C@]2(O)CCNC)[C@H]1CC=C(C)CN[C@@](CCNC)(CCOC)Cc2cccc(c2)C1. The molecule has 9 heteroatoms. The zero-order valence-electron chi connectivity index (χ0n) is 35.0.